The number of piperidine rings is 2. The van der Waals surface area contributed by atoms with Gasteiger partial charge in [0, 0.05) is 24.2 Å². The maximum atomic E-state index is 9.68. The molecule has 128 valence electrons. The lowest BCUT2D eigenvalue weighted by Gasteiger charge is -2.44. The smallest absolute Gasteiger partial charge is 0.0612 e. The molecule has 0 aromatic carbocycles. The van der Waals surface area contributed by atoms with Gasteiger partial charge in [-0.2, -0.15) is 0 Å². The highest BCUT2D eigenvalue weighted by Crippen LogP contribution is 2.28. The summed E-state index contributed by atoms with van der Waals surface area (Å²) in [5.74, 6) is 0. The van der Waals surface area contributed by atoms with Gasteiger partial charge >= 0.3 is 0 Å². The monoisotopic (exact) mass is 310 g/mol. The quantitative estimate of drug-likeness (QED) is 0.737. The van der Waals surface area contributed by atoms with Gasteiger partial charge in [-0.05, 0) is 52.6 Å². The summed E-state index contributed by atoms with van der Waals surface area (Å²) in [4.78, 5) is 4.82. The van der Waals surface area contributed by atoms with E-state index in [4.69, 9.17) is 0 Å². The zero-order valence-electron chi connectivity index (χ0n) is 14.4. The van der Waals surface area contributed by atoms with E-state index in [1.807, 2.05) is 0 Å². The second-order valence-electron chi connectivity index (χ2n) is 7.59. The number of nitrogens with zero attached hydrogens (tertiary/aromatic N) is 2. The molecule has 0 aliphatic carbocycles. The van der Waals surface area contributed by atoms with Gasteiger partial charge in [0.15, 0.2) is 0 Å². The predicted octanol–water partition coefficient (Wildman–Crippen LogP) is 2.02. The number of likely N-dealkylation sites (tertiary alicyclic amines) is 2. The van der Waals surface area contributed by atoms with Crippen molar-refractivity contribution in [1.29, 1.82) is 0 Å². The van der Waals surface area contributed by atoms with Crippen LogP contribution in [-0.2, 0) is 0 Å². The average molecular weight is 310 g/mol. The Bertz CT molecular complexity index is 340. The molecule has 22 heavy (non-hydrogen) atoms. The third-order valence-electron chi connectivity index (χ3n) is 5.81. The highest BCUT2D eigenvalue weighted by atomic mass is 16.3. The first-order valence-corrected chi connectivity index (χ1v) is 8.91. The van der Waals surface area contributed by atoms with Crippen LogP contribution in [0.5, 0.6) is 0 Å². The van der Waals surface area contributed by atoms with Gasteiger partial charge in [-0.25, -0.2) is 0 Å². The van der Waals surface area contributed by atoms with E-state index in [1.54, 1.807) is 0 Å². The summed E-state index contributed by atoms with van der Waals surface area (Å²) in [6.45, 7) is 8.84. The van der Waals surface area contributed by atoms with Gasteiger partial charge in [-0.15, -0.1) is 0 Å². The molecule has 2 heterocycles. The zero-order chi connectivity index (χ0) is 16.1. The van der Waals surface area contributed by atoms with E-state index >= 15 is 0 Å². The Balaban J connectivity index is 1.84. The fourth-order valence-electron chi connectivity index (χ4n) is 3.86. The minimum absolute atomic E-state index is 0.0483. The van der Waals surface area contributed by atoms with Crippen LogP contribution in [-0.4, -0.2) is 70.5 Å². The number of hydrogen-bond acceptors (Lipinski definition) is 4. The molecule has 4 heteroatoms. The lowest BCUT2D eigenvalue weighted by Crippen LogP contribution is -2.52. The van der Waals surface area contributed by atoms with Crippen molar-refractivity contribution in [2.24, 2.45) is 0 Å². The summed E-state index contributed by atoms with van der Waals surface area (Å²) in [7, 11) is 0. The van der Waals surface area contributed by atoms with Gasteiger partial charge in [0.2, 0.25) is 0 Å². The first-order chi connectivity index (χ1) is 10.5. The lowest BCUT2D eigenvalue weighted by atomic mass is 9.89. The van der Waals surface area contributed by atoms with E-state index in [-0.39, 0.29) is 24.3 Å². The molecule has 2 aliphatic rings. The van der Waals surface area contributed by atoms with Crippen LogP contribution < -0.4 is 0 Å². The Labute approximate surface area is 135 Å². The first-order valence-electron chi connectivity index (χ1n) is 8.91. The van der Waals surface area contributed by atoms with E-state index in [2.05, 4.69) is 35.8 Å². The Morgan fingerprint density at radius 1 is 0.773 bits per heavy atom. The van der Waals surface area contributed by atoms with E-state index in [9.17, 15) is 10.2 Å². The second kappa shape index (κ2) is 7.91. The maximum Gasteiger partial charge on any atom is 0.0612 e. The summed E-state index contributed by atoms with van der Waals surface area (Å²) >= 11 is 0. The van der Waals surface area contributed by atoms with Crippen LogP contribution in [0.2, 0.25) is 0 Å². The molecule has 2 aliphatic heterocycles. The van der Waals surface area contributed by atoms with E-state index in [1.165, 1.54) is 25.7 Å². The SMILES string of the molecule is C[C@]1(CO)CCCCN1C/C=C/CN1CCCC[C@@]1(C)CO. The van der Waals surface area contributed by atoms with Crippen molar-refractivity contribution in [3.63, 3.8) is 0 Å². The number of aliphatic hydroxyl groups is 2. The molecular weight excluding hydrogens is 276 g/mol. The summed E-state index contributed by atoms with van der Waals surface area (Å²) in [6.07, 6.45) is 11.6. The van der Waals surface area contributed by atoms with Crippen LogP contribution in [0.3, 0.4) is 0 Å². The van der Waals surface area contributed by atoms with Crippen molar-refractivity contribution in [2.75, 3.05) is 39.4 Å². The fraction of sp³-hybridized carbons (Fsp3) is 0.889. The summed E-state index contributed by atoms with van der Waals surface area (Å²) in [5.41, 5.74) is -0.0966. The van der Waals surface area contributed by atoms with Gasteiger partial charge < -0.3 is 10.2 Å². The molecule has 0 aromatic rings. The molecule has 2 rings (SSSR count). The molecule has 0 unspecified atom stereocenters. The Morgan fingerprint density at radius 2 is 1.18 bits per heavy atom. The van der Waals surface area contributed by atoms with Gasteiger partial charge in [0.25, 0.3) is 0 Å². The first kappa shape index (κ1) is 17.9. The van der Waals surface area contributed by atoms with Gasteiger partial charge in [0.1, 0.15) is 0 Å². The number of hydrogen-bond donors (Lipinski definition) is 2. The summed E-state index contributed by atoms with van der Waals surface area (Å²) < 4.78 is 0. The van der Waals surface area contributed by atoms with E-state index in [0.29, 0.717) is 0 Å². The average Bonchev–Trinajstić information content (AvgIpc) is 2.54. The summed E-state index contributed by atoms with van der Waals surface area (Å²) in [6, 6.07) is 0. The van der Waals surface area contributed by atoms with Gasteiger partial charge in [-0.1, -0.05) is 25.0 Å². The van der Waals surface area contributed by atoms with Crippen molar-refractivity contribution < 1.29 is 10.2 Å². The Morgan fingerprint density at radius 3 is 1.55 bits per heavy atom. The molecule has 2 saturated heterocycles. The van der Waals surface area contributed by atoms with Crippen LogP contribution in [0.4, 0.5) is 0 Å². The lowest BCUT2D eigenvalue weighted by molar-refractivity contribution is 0.0184. The van der Waals surface area contributed by atoms with Crippen molar-refractivity contribution in [3.05, 3.63) is 12.2 Å². The molecule has 0 radical (unpaired) electrons. The molecule has 2 fully saturated rings. The third kappa shape index (κ3) is 4.10. The van der Waals surface area contributed by atoms with Crippen LogP contribution >= 0.6 is 0 Å². The second-order valence-corrected chi connectivity index (χ2v) is 7.59. The molecule has 0 spiro atoms. The van der Waals surface area contributed by atoms with Crippen LogP contribution in [0.25, 0.3) is 0 Å². The minimum Gasteiger partial charge on any atom is -0.394 e. The highest BCUT2D eigenvalue weighted by Gasteiger charge is 2.34. The molecule has 2 N–H and O–H groups in total. The Kier molecular flexibility index (Phi) is 6.45. The van der Waals surface area contributed by atoms with Crippen LogP contribution in [0, 0.1) is 0 Å². The largest absolute Gasteiger partial charge is 0.394 e. The minimum atomic E-state index is -0.0483. The summed E-state index contributed by atoms with van der Waals surface area (Å²) in [5, 5.41) is 19.4. The van der Waals surface area contributed by atoms with E-state index < -0.39 is 0 Å². The van der Waals surface area contributed by atoms with Crippen molar-refractivity contribution in [3.8, 4) is 0 Å². The van der Waals surface area contributed by atoms with Crippen LogP contribution in [0.15, 0.2) is 12.2 Å². The highest BCUT2D eigenvalue weighted by molar-refractivity contribution is 4.98. The number of rotatable bonds is 6. The normalized spacial score (nSPS) is 35.3. The molecule has 2 atom stereocenters. The zero-order valence-corrected chi connectivity index (χ0v) is 14.4. The van der Waals surface area contributed by atoms with Crippen molar-refractivity contribution in [2.45, 2.75) is 63.5 Å². The van der Waals surface area contributed by atoms with Gasteiger partial charge in [0.05, 0.1) is 13.2 Å². The molecular formula is C18H34N2O2. The predicted molar refractivity (Wildman–Crippen MR) is 91.0 cm³/mol. The fourth-order valence-corrected chi connectivity index (χ4v) is 3.86. The molecule has 0 amide bonds. The van der Waals surface area contributed by atoms with Crippen molar-refractivity contribution in [1.82, 2.24) is 9.80 Å². The van der Waals surface area contributed by atoms with Crippen molar-refractivity contribution >= 4 is 0 Å². The maximum absolute atomic E-state index is 9.68. The molecule has 0 saturated carbocycles. The number of aliphatic hydroxyl groups excluding tert-OH is 2. The standard InChI is InChI=1S/C18H34N2O2/c1-17(15-21)9-3-5-11-19(17)13-7-8-14-20-12-6-4-10-18(20,2)16-22/h7-8,21-22H,3-6,9-16H2,1-2H3/b8-7+/t17-,18+. The van der Waals surface area contributed by atoms with Gasteiger partial charge in [-0.3, -0.25) is 9.80 Å². The van der Waals surface area contributed by atoms with E-state index in [0.717, 1.165) is 39.0 Å². The topological polar surface area (TPSA) is 46.9 Å². The Hall–Kier alpha value is -0.420. The molecule has 0 bridgehead atoms. The molecule has 0 aromatic heterocycles. The third-order valence-corrected chi connectivity index (χ3v) is 5.81. The molecule has 4 nitrogen and oxygen atoms in total. The van der Waals surface area contributed by atoms with Crippen LogP contribution in [0.1, 0.15) is 52.4 Å².